The van der Waals surface area contributed by atoms with E-state index < -0.39 is 53.4 Å². The van der Waals surface area contributed by atoms with E-state index in [1.54, 1.807) is 0 Å². The van der Waals surface area contributed by atoms with E-state index in [0.29, 0.717) is 12.5 Å². The lowest BCUT2D eigenvalue weighted by molar-refractivity contribution is -0.287. The van der Waals surface area contributed by atoms with E-state index in [2.05, 4.69) is 24.5 Å². The van der Waals surface area contributed by atoms with Crippen LogP contribution in [-0.4, -0.2) is 39.9 Å². The van der Waals surface area contributed by atoms with Gasteiger partial charge in [0.15, 0.2) is 17.2 Å². The van der Waals surface area contributed by atoms with Gasteiger partial charge in [0.25, 0.3) is 6.10 Å². The van der Waals surface area contributed by atoms with E-state index in [1.165, 1.54) is 19.2 Å². The average molecular weight is 470 g/mol. The first kappa shape index (κ1) is 24.2. The molecule has 0 N–H and O–H groups in total. The zero-order valence-electron chi connectivity index (χ0n) is 17.5. The molecule has 12 heteroatoms. The summed E-state index contributed by atoms with van der Waals surface area (Å²) >= 11 is 0. The number of aryl methyl sites for hydroxylation is 1. The van der Waals surface area contributed by atoms with Gasteiger partial charge >= 0.3 is 12.1 Å². The van der Waals surface area contributed by atoms with E-state index in [1.807, 2.05) is 0 Å². The molecule has 174 valence electrons. The van der Waals surface area contributed by atoms with Crippen LogP contribution in [0.5, 0.6) is 0 Å². The number of carbonyl (C=O) groups is 1. The molecule has 0 fully saturated rings. The maximum absolute atomic E-state index is 15.0. The SMILES string of the molecule is [C-]#[N+]c1cnc(C(=O)Cc2ccc(F)c([C@@]3(C)N=C(C)O[C@H](C(F)(F)F)C3(F)F)n2)c(C)c1. The number of aliphatic imine (C=N–C) groups is 1. The molecule has 33 heavy (non-hydrogen) atoms. The van der Waals surface area contributed by atoms with Gasteiger partial charge in [-0.1, -0.05) is 0 Å². The molecule has 3 rings (SSSR count). The maximum atomic E-state index is 15.0. The van der Waals surface area contributed by atoms with Crippen LogP contribution in [-0.2, 0) is 16.7 Å². The number of ether oxygens (including phenoxy) is 1. The van der Waals surface area contributed by atoms with Crippen LogP contribution in [0.3, 0.4) is 0 Å². The monoisotopic (exact) mass is 470 g/mol. The van der Waals surface area contributed by atoms with Crippen molar-refractivity contribution < 1.29 is 35.9 Å². The maximum Gasteiger partial charge on any atom is 0.431 e. The van der Waals surface area contributed by atoms with Crippen LogP contribution in [0.2, 0.25) is 0 Å². The average Bonchev–Trinajstić information content (AvgIpc) is 2.71. The van der Waals surface area contributed by atoms with E-state index in [0.717, 1.165) is 19.1 Å². The standard InChI is InChI=1S/C21H16F6N4O2/c1-10-7-13(28-4)9-29-16(10)15(32)8-12-5-6-14(22)17(30-12)19(3)20(23,24)18(21(25,26)27)33-11(2)31-19/h5-7,9,18H,8H2,1-3H3/t18-,19+/m0/s1. The van der Waals surface area contributed by atoms with Crippen molar-refractivity contribution in [3.63, 3.8) is 0 Å². The molecule has 1 aliphatic heterocycles. The summed E-state index contributed by atoms with van der Waals surface area (Å²) in [4.78, 5) is 27.0. The molecule has 0 saturated carbocycles. The molecule has 0 aliphatic carbocycles. The molecule has 0 radical (unpaired) electrons. The van der Waals surface area contributed by atoms with Crippen molar-refractivity contribution in [1.29, 1.82) is 0 Å². The predicted octanol–water partition coefficient (Wildman–Crippen LogP) is 5.13. The van der Waals surface area contributed by atoms with Crippen molar-refractivity contribution in [2.75, 3.05) is 0 Å². The molecule has 2 aromatic rings. The highest BCUT2D eigenvalue weighted by Gasteiger charge is 2.70. The van der Waals surface area contributed by atoms with Gasteiger partial charge in [0.05, 0.1) is 13.0 Å². The number of halogens is 6. The van der Waals surface area contributed by atoms with Crippen molar-refractivity contribution in [3.05, 3.63) is 64.3 Å². The molecule has 0 spiro atoms. The minimum absolute atomic E-state index is 0.0105. The molecule has 0 amide bonds. The summed E-state index contributed by atoms with van der Waals surface area (Å²) in [5, 5.41) is 0. The van der Waals surface area contributed by atoms with Gasteiger partial charge in [0.2, 0.25) is 5.69 Å². The fourth-order valence-corrected chi connectivity index (χ4v) is 3.48. The Morgan fingerprint density at radius 1 is 1.27 bits per heavy atom. The zero-order valence-corrected chi connectivity index (χ0v) is 17.5. The van der Waals surface area contributed by atoms with Crippen LogP contribution in [0.25, 0.3) is 4.85 Å². The molecule has 1 aliphatic rings. The number of ketones is 1. The highest BCUT2D eigenvalue weighted by molar-refractivity contribution is 5.97. The van der Waals surface area contributed by atoms with Gasteiger partial charge < -0.3 is 4.74 Å². The Balaban J connectivity index is 2.03. The smallest absolute Gasteiger partial charge is 0.431 e. The van der Waals surface area contributed by atoms with Crippen LogP contribution in [0.4, 0.5) is 32.0 Å². The highest BCUT2D eigenvalue weighted by Crippen LogP contribution is 2.51. The number of Topliss-reactive ketones (excluding diaryl/α,β-unsaturated/α-hetero) is 1. The zero-order chi connectivity index (χ0) is 24.8. The lowest BCUT2D eigenvalue weighted by Gasteiger charge is -2.42. The van der Waals surface area contributed by atoms with Crippen molar-refractivity contribution in [2.45, 2.75) is 50.9 Å². The Bertz CT molecular complexity index is 1190. The van der Waals surface area contributed by atoms with Crippen molar-refractivity contribution in [1.82, 2.24) is 9.97 Å². The molecule has 2 atom stereocenters. The quantitative estimate of drug-likeness (QED) is 0.353. The number of carbonyl (C=O) groups excluding carboxylic acids is 1. The van der Waals surface area contributed by atoms with Crippen LogP contribution in [0.15, 0.2) is 29.4 Å². The molecular weight excluding hydrogens is 454 g/mol. The highest BCUT2D eigenvalue weighted by atomic mass is 19.4. The number of aromatic nitrogens is 2. The van der Waals surface area contributed by atoms with Crippen molar-refractivity contribution in [3.8, 4) is 0 Å². The van der Waals surface area contributed by atoms with E-state index in [9.17, 15) is 31.1 Å². The number of rotatable bonds is 4. The lowest BCUT2D eigenvalue weighted by atomic mass is 9.84. The summed E-state index contributed by atoms with van der Waals surface area (Å²) in [6, 6.07) is 3.21. The summed E-state index contributed by atoms with van der Waals surface area (Å²) < 4.78 is 88.6. The second-order valence-corrected chi connectivity index (χ2v) is 7.57. The number of nitrogens with zero attached hydrogens (tertiary/aromatic N) is 4. The first-order chi connectivity index (χ1) is 15.2. The second kappa shape index (κ2) is 8.13. The van der Waals surface area contributed by atoms with E-state index in [-0.39, 0.29) is 17.1 Å². The number of hydrogen-bond acceptors (Lipinski definition) is 5. The summed E-state index contributed by atoms with van der Waals surface area (Å²) in [5.74, 6) is -7.35. The van der Waals surface area contributed by atoms with Crippen LogP contribution >= 0.6 is 0 Å². The summed E-state index contributed by atoms with van der Waals surface area (Å²) in [6.45, 7) is 10.1. The van der Waals surface area contributed by atoms with Gasteiger partial charge in [-0.25, -0.2) is 14.2 Å². The first-order valence-corrected chi connectivity index (χ1v) is 9.41. The van der Waals surface area contributed by atoms with Gasteiger partial charge in [0.1, 0.15) is 17.2 Å². The molecule has 3 heterocycles. The number of alkyl halides is 5. The van der Waals surface area contributed by atoms with Crippen LogP contribution in [0, 0.1) is 19.3 Å². The Morgan fingerprint density at radius 3 is 2.52 bits per heavy atom. The van der Waals surface area contributed by atoms with Gasteiger partial charge in [0, 0.05) is 18.8 Å². The molecule has 6 nitrogen and oxygen atoms in total. The largest absolute Gasteiger partial charge is 0.462 e. The predicted molar refractivity (Wildman–Crippen MR) is 104 cm³/mol. The molecule has 2 aromatic heterocycles. The van der Waals surface area contributed by atoms with Crippen LogP contribution < -0.4 is 0 Å². The van der Waals surface area contributed by atoms with E-state index in [4.69, 9.17) is 6.57 Å². The third-order valence-corrected chi connectivity index (χ3v) is 5.11. The topological polar surface area (TPSA) is 68.8 Å². The third-order valence-electron chi connectivity index (χ3n) is 5.11. The molecular formula is C21H16F6N4O2. The normalized spacial score (nSPS) is 22.2. The second-order valence-electron chi connectivity index (χ2n) is 7.57. The molecule has 0 unspecified atom stereocenters. The van der Waals surface area contributed by atoms with Crippen molar-refractivity contribution >= 4 is 17.4 Å². The summed E-state index contributed by atoms with van der Waals surface area (Å²) in [5.41, 5.74) is -3.71. The van der Waals surface area contributed by atoms with Gasteiger partial charge in [-0.05, 0) is 37.6 Å². The minimum Gasteiger partial charge on any atom is -0.462 e. The fraction of sp³-hybridized carbons (Fsp3) is 0.381. The number of pyridine rings is 2. The molecule has 0 bridgehead atoms. The molecule has 0 saturated heterocycles. The third kappa shape index (κ3) is 4.27. The van der Waals surface area contributed by atoms with Crippen LogP contribution in [0.1, 0.15) is 41.3 Å². The number of hydrogen-bond donors (Lipinski definition) is 0. The van der Waals surface area contributed by atoms with E-state index >= 15 is 0 Å². The lowest BCUT2D eigenvalue weighted by Crippen LogP contribution is -2.61. The van der Waals surface area contributed by atoms with Gasteiger partial charge in [-0.15, -0.1) is 0 Å². The van der Waals surface area contributed by atoms with Crippen molar-refractivity contribution in [2.24, 2.45) is 4.99 Å². The summed E-state index contributed by atoms with van der Waals surface area (Å²) in [7, 11) is 0. The Kier molecular flexibility index (Phi) is 5.95. The van der Waals surface area contributed by atoms with Gasteiger partial charge in [-0.2, -0.15) is 22.0 Å². The Morgan fingerprint density at radius 2 is 1.94 bits per heavy atom. The summed E-state index contributed by atoms with van der Waals surface area (Å²) in [6.07, 6.45) is -8.35. The fourth-order valence-electron chi connectivity index (χ4n) is 3.48. The Labute approximate surface area is 184 Å². The Hall–Kier alpha value is -3.49. The van der Waals surface area contributed by atoms with Gasteiger partial charge in [-0.3, -0.25) is 14.8 Å². The minimum atomic E-state index is -5.47. The molecule has 0 aromatic carbocycles. The first-order valence-electron chi connectivity index (χ1n) is 9.41.